The van der Waals surface area contributed by atoms with E-state index >= 15 is 0 Å². The zero-order valence-electron chi connectivity index (χ0n) is 14.7. The van der Waals surface area contributed by atoms with E-state index in [1.165, 1.54) is 24.8 Å². The van der Waals surface area contributed by atoms with Crippen LogP contribution in [0.5, 0.6) is 0 Å². The Morgan fingerprint density at radius 1 is 1.33 bits per heavy atom. The van der Waals surface area contributed by atoms with Gasteiger partial charge in [-0.25, -0.2) is 0 Å². The van der Waals surface area contributed by atoms with Crippen LogP contribution in [-0.2, 0) is 18.3 Å². The lowest BCUT2D eigenvalue weighted by molar-refractivity contribution is -0.134. The van der Waals surface area contributed by atoms with Crippen molar-refractivity contribution < 1.29 is 4.79 Å². The molecule has 0 N–H and O–H groups in total. The van der Waals surface area contributed by atoms with Crippen molar-refractivity contribution in [2.45, 2.75) is 45.1 Å². The lowest BCUT2D eigenvalue weighted by Gasteiger charge is -2.36. The topological polar surface area (TPSA) is 38.1 Å². The highest BCUT2D eigenvalue weighted by Gasteiger charge is 2.27. The van der Waals surface area contributed by atoms with Gasteiger partial charge in [0.2, 0.25) is 5.91 Å². The van der Waals surface area contributed by atoms with Gasteiger partial charge in [-0.15, -0.1) is 0 Å². The average Bonchev–Trinajstić information content (AvgIpc) is 2.97. The van der Waals surface area contributed by atoms with Gasteiger partial charge >= 0.3 is 0 Å². The first-order valence-electron chi connectivity index (χ1n) is 8.95. The Morgan fingerprint density at radius 2 is 2.08 bits per heavy atom. The molecule has 24 heavy (non-hydrogen) atoms. The van der Waals surface area contributed by atoms with Crippen LogP contribution in [0.25, 0.3) is 0 Å². The number of benzene rings is 1. The Bertz CT molecular complexity index is 661. The fraction of sp³-hybridized carbons (Fsp3) is 0.500. The predicted molar refractivity (Wildman–Crippen MR) is 95.4 cm³/mol. The SMILES string of the molecule is CC(c1ccccc1)N(CC1CCC1)C(=O)CCc1cnn(C)c1. The van der Waals surface area contributed by atoms with Crippen molar-refractivity contribution in [1.29, 1.82) is 0 Å². The Labute approximate surface area is 144 Å². The number of aromatic nitrogens is 2. The van der Waals surface area contributed by atoms with Crippen molar-refractivity contribution >= 4 is 5.91 Å². The molecular weight excluding hydrogens is 298 g/mol. The van der Waals surface area contributed by atoms with Gasteiger partial charge in [0.25, 0.3) is 0 Å². The fourth-order valence-corrected chi connectivity index (χ4v) is 3.34. The van der Waals surface area contributed by atoms with Crippen LogP contribution in [0.1, 0.15) is 49.8 Å². The average molecular weight is 325 g/mol. The molecule has 0 bridgehead atoms. The maximum Gasteiger partial charge on any atom is 0.223 e. The summed E-state index contributed by atoms with van der Waals surface area (Å²) in [7, 11) is 1.91. The van der Waals surface area contributed by atoms with E-state index in [0.29, 0.717) is 12.3 Å². The lowest BCUT2D eigenvalue weighted by Crippen LogP contribution is -2.39. The molecule has 1 aliphatic rings. The molecule has 0 spiro atoms. The van der Waals surface area contributed by atoms with Gasteiger partial charge in [-0.2, -0.15) is 5.10 Å². The molecule has 1 saturated carbocycles. The third-order valence-corrected chi connectivity index (χ3v) is 5.14. The maximum atomic E-state index is 12.9. The molecular formula is C20H27N3O. The summed E-state index contributed by atoms with van der Waals surface area (Å²) in [6.07, 6.45) is 8.98. The minimum atomic E-state index is 0.133. The molecule has 4 heteroatoms. The van der Waals surface area contributed by atoms with E-state index in [2.05, 4.69) is 29.1 Å². The van der Waals surface area contributed by atoms with Crippen molar-refractivity contribution in [3.8, 4) is 0 Å². The van der Waals surface area contributed by atoms with Crippen molar-refractivity contribution in [2.24, 2.45) is 13.0 Å². The van der Waals surface area contributed by atoms with Gasteiger partial charge in [0.15, 0.2) is 0 Å². The number of rotatable bonds is 7. The lowest BCUT2D eigenvalue weighted by atomic mass is 9.84. The largest absolute Gasteiger partial charge is 0.336 e. The normalized spacial score (nSPS) is 15.8. The molecule has 3 rings (SSSR count). The number of hydrogen-bond donors (Lipinski definition) is 0. The van der Waals surface area contributed by atoms with E-state index in [-0.39, 0.29) is 11.9 Å². The summed E-state index contributed by atoms with van der Waals surface area (Å²) in [6.45, 7) is 3.04. The van der Waals surface area contributed by atoms with Crippen molar-refractivity contribution in [2.75, 3.05) is 6.54 Å². The monoisotopic (exact) mass is 325 g/mol. The van der Waals surface area contributed by atoms with Crippen LogP contribution in [0.4, 0.5) is 0 Å². The first-order valence-corrected chi connectivity index (χ1v) is 8.95. The smallest absolute Gasteiger partial charge is 0.223 e. The molecule has 1 atom stereocenters. The van der Waals surface area contributed by atoms with Crippen LogP contribution >= 0.6 is 0 Å². The van der Waals surface area contributed by atoms with Gasteiger partial charge in [0, 0.05) is 26.2 Å². The van der Waals surface area contributed by atoms with Gasteiger partial charge in [-0.05, 0) is 43.2 Å². The molecule has 2 aromatic rings. The maximum absolute atomic E-state index is 12.9. The number of carbonyl (C=O) groups is 1. The van der Waals surface area contributed by atoms with Crippen molar-refractivity contribution in [1.82, 2.24) is 14.7 Å². The van der Waals surface area contributed by atoms with Gasteiger partial charge in [-0.3, -0.25) is 9.48 Å². The van der Waals surface area contributed by atoms with Crippen LogP contribution < -0.4 is 0 Å². The molecule has 1 aromatic carbocycles. The molecule has 0 aliphatic heterocycles. The van der Waals surface area contributed by atoms with E-state index in [1.807, 2.05) is 37.6 Å². The van der Waals surface area contributed by atoms with Gasteiger partial charge < -0.3 is 4.90 Å². The van der Waals surface area contributed by atoms with Crippen molar-refractivity contribution in [3.05, 3.63) is 53.9 Å². The first kappa shape index (κ1) is 16.7. The summed E-state index contributed by atoms with van der Waals surface area (Å²) in [5, 5.41) is 4.18. The van der Waals surface area contributed by atoms with Gasteiger partial charge in [-0.1, -0.05) is 36.8 Å². The van der Waals surface area contributed by atoms with E-state index in [9.17, 15) is 4.79 Å². The number of hydrogen-bond acceptors (Lipinski definition) is 2. The van der Waals surface area contributed by atoms with Crippen LogP contribution in [0.15, 0.2) is 42.7 Å². The van der Waals surface area contributed by atoms with E-state index in [1.54, 1.807) is 4.68 Å². The molecule has 1 amide bonds. The minimum Gasteiger partial charge on any atom is -0.336 e. The van der Waals surface area contributed by atoms with Crippen LogP contribution in [0.3, 0.4) is 0 Å². The number of aryl methyl sites for hydroxylation is 2. The second-order valence-corrected chi connectivity index (χ2v) is 6.95. The standard InChI is InChI=1S/C20H27N3O/c1-16(19-9-4-3-5-10-19)23(15-17-7-6-8-17)20(24)12-11-18-13-21-22(2)14-18/h3-5,9-10,13-14,16-17H,6-8,11-12,15H2,1-2H3. The van der Waals surface area contributed by atoms with E-state index in [0.717, 1.165) is 18.5 Å². The Balaban J connectivity index is 1.67. The second kappa shape index (κ2) is 7.65. The molecule has 1 aliphatic carbocycles. The van der Waals surface area contributed by atoms with Crippen LogP contribution in [-0.4, -0.2) is 27.1 Å². The van der Waals surface area contributed by atoms with E-state index in [4.69, 9.17) is 0 Å². The molecule has 128 valence electrons. The zero-order chi connectivity index (χ0) is 16.9. The highest BCUT2D eigenvalue weighted by Crippen LogP contribution is 2.31. The Kier molecular flexibility index (Phi) is 5.34. The zero-order valence-corrected chi connectivity index (χ0v) is 14.7. The summed E-state index contributed by atoms with van der Waals surface area (Å²) in [6, 6.07) is 10.5. The quantitative estimate of drug-likeness (QED) is 0.778. The van der Waals surface area contributed by atoms with Gasteiger partial charge in [0.05, 0.1) is 12.2 Å². The molecule has 0 saturated heterocycles. The molecule has 1 heterocycles. The number of carbonyl (C=O) groups excluding carboxylic acids is 1. The molecule has 0 radical (unpaired) electrons. The second-order valence-electron chi connectivity index (χ2n) is 6.95. The summed E-state index contributed by atoms with van der Waals surface area (Å²) in [5.41, 5.74) is 2.34. The summed E-state index contributed by atoms with van der Waals surface area (Å²) >= 11 is 0. The number of amides is 1. The highest BCUT2D eigenvalue weighted by atomic mass is 16.2. The van der Waals surface area contributed by atoms with Gasteiger partial charge in [0.1, 0.15) is 0 Å². The number of nitrogens with zero attached hydrogens (tertiary/aromatic N) is 3. The summed E-state index contributed by atoms with van der Waals surface area (Å²) < 4.78 is 1.79. The highest BCUT2D eigenvalue weighted by molar-refractivity contribution is 5.77. The summed E-state index contributed by atoms with van der Waals surface area (Å²) in [4.78, 5) is 15.0. The third kappa shape index (κ3) is 4.05. The van der Waals surface area contributed by atoms with Crippen LogP contribution in [0.2, 0.25) is 0 Å². The summed E-state index contributed by atoms with van der Waals surface area (Å²) in [5.74, 6) is 0.931. The molecule has 1 aromatic heterocycles. The minimum absolute atomic E-state index is 0.133. The molecule has 4 nitrogen and oxygen atoms in total. The molecule has 1 fully saturated rings. The van der Waals surface area contributed by atoms with E-state index < -0.39 is 0 Å². The third-order valence-electron chi connectivity index (χ3n) is 5.14. The predicted octanol–water partition coefficient (Wildman–Crippen LogP) is 3.74. The fourth-order valence-electron chi connectivity index (χ4n) is 3.34. The van der Waals surface area contributed by atoms with Crippen LogP contribution in [0, 0.1) is 5.92 Å². The molecule has 1 unspecified atom stereocenters. The Morgan fingerprint density at radius 3 is 2.67 bits per heavy atom. The van der Waals surface area contributed by atoms with Crippen molar-refractivity contribution in [3.63, 3.8) is 0 Å². The Hall–Kier alpha value is -2.10. The first-order chi connectivity index (χ1) is 11.6.